The molecule has 1 aliphatic heterocycles. The third-order valence-corrected chi connectivity index (χ3v) is 3.49. The number of carbonyl (C=O) groups excluding carboxylic acids is 1. The second-order valence-corrected chi connectivity index (χ2v) is 4.93. The molecule has 1 aromatic rings. The van der Waals surface area contributed by atoms with Crippen molar-refractivity contribution >= 4 is 11.9 Å². The van der Waals surface area contributed by atoms with Gasteiger partial charge >= 0.3 is 5.97 Å². The maximum Gasteiger partial charge on any atom is 0.358 e. The number of hydrogen-bond acceptors (Lipinski definition) is 5. The van der Waals surface area contributed by atoms with Crippen LogP contribution in [-0.4, -0.2) is 63.2 Å². The molecule has 1 aromatic heterocycles. The number of ether oxygens (including phenoxy) is 1. The highest BCUT2D eigenvalue weighted by atomic mass is 16.5. The van der Waals surface area contributed by atoms with Crippen LogP contribution >= 0.6 is 0 Å². The lowest BCUT2D eigenvalue weighted by Crippen LogP contribution is -2.51. The standard InChI is InChI=1S/C12H18N4O4/c1-8(20-2)3-4-11(17)15-5-9(6-15)16-7-10(12(18)19)13-14-16/h7-9H,3-6H2,1-2H3,(H,18,19). The van der Waals surface area contributed by atoms with Gasteiger partial charge in [0.25, 0.3) is 0 Å². The zero-order valence-electron chi connectivity index (χ0n) is 11.5. The van der Waals surface area contributed by atoms with E-state index in [0.717, 1.165) is 0 Å². The van der Waals surface area contributed by atoms with Crippen LogP contribution in [0.2, 0.25) is 0 Å². The highest BCUT2D eigenvalue weighted by Gasteiger charge is 2.32. The minimum atomic E-state index is -1.10. The molecule has 0 bridgehead atoms. The summed E-state index contributed by atoms with van der Waals surface area (Å²) in [5.74, 6) is -1.01. The summed E-state index contributed by atoms with van der Waals surface area (Å²) >= 11 is 0. The molecule has 0 spiro atoms. The average molecular weight is 282 g/mol. The number of likely N-dealkylation sites (tertiary alicyclic amines) is 1. The van der Waals surface area contributed by atoms with E-state index in [1.54, 1.807) is 12.0 Å². The summed E-state index contributed by atoms with van der Waals surface area (Å²) < 4.78 is 6.60. The third kappa shape index (κ3) is 3.13. The Kier molecular flexibility index (Phi) is 4.33. The number of carbonyl (C=O) groups is 2. The fraction of sp³-hybridized carbons (Fsp3) is 0.667. The number of aromatic nitrogens is 3. The van der Waals surface area contributed by atoms with Gasteiger partial charge in [0.05, 0.1) is 18.3 Å². The number of methoxy groups -OCH3 is 1. The molecule has 20 heavy (non-hydrogen) atoms. The number of hydrogen-bond donors (Lipinski definition) is 1. The van der Waals surface area contributed by atoms with Crippen LogP contribution in [0.5, 0.6) is 0 Å². The molecule has 1 aliphatic rings. The Balaban J connectivity index is 1.78. The second-order valence-electron chi connectivity index (χ2n) is 4.93. The number of rotatable bonds is 6. The summed E-state index contributed by atoms with van der Waals surface area (Å²) in [6, 6.07) is 0.0133. The number of carboxylic acid groups (broad SMARTS) is 1. The van der Waals surface area contributed by atoms with Gasteiger partial charge in [-0.1, -0.05) is 5.21 Å². The van der Waals surface area contributed by atoms with E-state index in [0.29, 0.717) is 25.9 Å². The van der Waals surface area contributed by atoms with Gasteiger partial charge in [0.2, 0.25) is 5.91 Å². The largest absolute Gasteiger partial charge is 0.476 e. The zero-order chi connectivity index (χ0) is 14.7. The highest BCUT2D eigenvalue weighted by molar-refractivity contribution is 5.84. The van der Waals surface area contributed by atoms with Crippen molar-refractivity contribution < 1.29 is 19.4 Å². The molecule has 1 amide bonds. The number of carboxylic acids is 1. The van der Waals surface area contributed by atoms with Gasteiger partial charge in [-0.15, -0.1) is 5.10 Å². The first-order valence-electron chi connectivity index (χ1n) is 6.47. The predicted molar refractivity (Wildman–Crippen MR) is 68.3 cm³/mol. The molecular weight excluding hydrogens is 264 g/mol. The van der Waals surface area contributed by atoms with E-state index in [2.05, 4.69) is 10.3 Å². The zero-order valence-corrected chi connectivity index (χ0v) is 11.5. The molecule has 1 N–H and O–H groups in total. The minimum absolute atomic E-state index is 0.0133. The quantitative estimate of drug-likeness (QED) is 0.799. The van der Waals surface area contributed by atoms with Gasteiger partial charge in [0.1, 0.15) is 0 Å². The first-order chi connectivity index (χ1) is 9.51. The van der Waals surface area contributed by atoms with Gasteiger partial charge in [-0.3, -0.25) is 4.79 Å². The summed E-state index contributed by atoms with van der Waals surface area (Å²) in [4.78, 5) is 24.3. The molecule has 0 radical (unpaired) electrons. The van der Waals surface area contributed by atoms with Crippen molar-refractivity contribution in [3.63, 3.8) is 0 Å². The van der Waals surface area contributed by atoms with Crippen LogP contribution in [0.1, 0.15) is 36.3 Å². The lowest BCUT2D eigenvalue weighted by Gasteiger charge is -2.39. The summed E-state index contributed by atoms with van der Waals surface area (Å²) in [6.07, 6.45) is 2.62. The maximum atomic E-state index is 11.9. The maximum absolute atomic E-state index is 11.9. The SMILES string of the molecule is COC(C)CCC(=O)N1CC(n2cc(C(=O)O)nn2)C1. The number of nitrogens with zero attached hydrogens (tertiary/aromatic N) is 4. The Morgan fingerprint density at radius 3 is 2.80 bits per heavy atom. The lowest BCUT2D eigenvalue weighted by atomic mass is 10.1. The van der Waals surface area contributed by atoms with Crippen molar-refractivity contribution in [1.29, 1.82) is 0 Å². The van der Waals surface area contributed by atoms with Gasteiger partial charge in [0.15, 0.2) is 5.69 Å². The second kappa shape index (κ2) is 6.00. The van der Waals surface area contributed by atoms with Crippen LogP contribution in [0.15, 0.2) is 6.20 Å². The van der Waals surface area contributed by atoms with Gasteiger partial charge in [-0.2, -0.15) is 0 Å². The van der Waals surface area contributed by atoms with Gasteiger partial charge in [-0.25, -0.2) is 9.48 Å². The highest BCUT2D eigenvalue weighted by Crippen LogP contribution is 2.21. The Morgan fingerprint density at radius 1 is 1.55 bits per heavy atom. The van der Waals surface area contributed by atoms with E-state index in [1.807, 2.05) is 6.92 Å². The molecule has 0 aliphatic carbocycles. The van der Waals surface area contributed by atoms with Crippen molar-refractivity contribution in [2.75, 3.05) is 20.2 Å². The summed E-state index contributed by atoms with van der Waals surface area (Å²) in [5.41, 5.74) is -0.0799. The molecule has 8 nitrogen and oxygen atoms in total. The molecule has 1 saturated heterocycles. The molecule has 0 saturated carbocycles. The van der Waals surface area contributed by atoms with Crippen molar-refractivity contribution in [3.05, 3.63) is 11.9 Å². The van der Waals surface area contributed by atoms with E-state index < -0.39 is 5.97 Å². The van der Waals surface area contributed by atoms with E-state index in [4.69, 9.17) is 9.84 Å². The van der Waals surface area contributed by atoms with E-state index in [-0.39, 0.29) is 23.7 Å². The molecule has 8 heteroatoms. The monoisotopic (exact) mass is 282 g/mol. The first-order valence-corrected chi connectivity index (χ1v) is 6.47. The van der Waals surface area contributed by atoms with Crippen LogP contribution in [0.25, 0.3) is 0 Å². The number of amides is 1. The molecule has 1 unspecified atom stereocenters. The molecule has 110 valence electrons. The van der Waals surface area contributed by atoms with E-state index >= 15 is 0 Å². The predicted octanol–water partition coefficient (Wildman–Crippen LogP) is 0.175. The van der Waals surface area contributed by atoms with E-state index in [9.17, 15) is 9.59 Å². The Morgan fingerprint density at radius 2 is 2.25 bits per heavy atom. The molecule has 1 fully saturated rings. The fourth-order valence-electron chi connectivity index (χ4n) is 1.98. The smallest absolute Gasteiger partial charge is 0.358 e. The summed E-state index contributed by atoms with van der Waals surface area (Å²) in [7, 11) is 1.62. The molecule has 1 atom stereocenters. The van der Waals surface area contributed by atoms with Crippen molar-refractivity contribution in [2.24, 2.45) is 0 Å². The average Bonchev–Trinajstić information content (AvgIpc) is 2.83. The minimum Gasteiger partial charge on any atom is -0.476 e. The topological polar surface area (TPSA) is 97.5 Å². The third-order valence-electron chi connectivity index (χ3n) is 3.49. The van der Waals surface area contributed by atoms with E-state index in [1.165, 1.54) is 10.9 Å². The van der Waals surface area contributed by atoms with Gasteiger partial charge < -0.3 is 14.7 Å². The molecule has 2 heterocycles. The van der Waals surface area contributed by atoms with Crippen LogP contribution in [0.3, 0.4) is 0 Å². The fourth-order valence-corrected chi connectivity index (χ4v) is 1.98. The van der Waals surface area contributed by atoms with Gasteiger partial charge in [-0.05, 0) is 13.3 Å². The van der Waals surface area contributed by atoms with Crippen molar-refractivity contribution in [1.82, 2.24) is 19.9 Å². The van der Waals surface area contributed by atoms with Crippen molar-refractivity contribution in [3.8, 4) is 0 Å². The Labute approximate surface area is 116 Å². The van der Waals surface area contributed by atoms with Gasteiger partial charge in [0, 0.05) is 26.6 Å². The Hall–Kier alpha value is -1.96. The first kappa shape index (κ1) is 14.4. The van der Waals surface area contributed by atoms with Crippen LogP contribution < -0.4 is 0 Å². The molecular formula is C12H18N4O4. The Bertz CT molecular complexity index is 495. The summed E-state index contributed by atoms with van der Waals surface area (Å²) in [6.45, 7) is 3.01. The number of aromatic carboxylic acids is 1. The molecule has 0 aromatic carbocycles. The van der Waals surface area contributed by atoms with Crippen LogP contribution in [0, 0.1) is 0 Å². The molecule has 2 rings (SSSR count). The van der Waals surface area contributed by atoms with Crippen LogP contribution in [-0.2, 0) is 9.53 Å². The lowest BCUT2D eigenvalue weighted by molar-refractivity contribution is -0.137. The van der Waals surface area contributed by atoms with Crippen molar-refractivity contribution in [2.45, 2.75) is 31.9 Å². The summed E-state index contributed by atoms with van der Waals surface area (Å²) in [5, 5.41) is 16.1. The van der Waals surface area contributed by atoms with Crippen LogP contribution in [0.4, 0.5) is 0 Å². The normalized spacial score (nSPS) is 16.8.